The van der Waals surface area contributed by atoms with Crippen molar-refractivity contribution in [2.75, 3.05) is 25.1 Å². The topological polar surface area (TPSA) is 74.7 Å². The molecule has 100 valence electrons. The number of aliphatic hydroxyl groups is 1. The molecule has 1 atom stereocenters. The SMILES string of the molecule is COC(=O)NC1CCN(c2nc(Cl)c(CO)s2)C1. The van der Waals surface area contributed by atoms with Gasteiger partial charge in [-0.05, 0) is 6.42 Å². The minimum atomic E-state index is -0.421. The van der Waals surface area contributed by atoms with E-state index in [1.165, 1.54) is 18.4 Å². The highest BCUT2D eigenvalue weighted by molar-refractivity contribution is 7.16. The second kappa shape index (κ2) is 5.73. The minimum absolute atomic E-state index is 0.0534. The highest BCUT2D eigenvalue weighted by Crippen LogP contribution is 2.31. The lowest BCUT2D eigenvalue weighted by atomic mass is 10.3. The van der Waals surface area contributed by atoms with E-state index in [0.717, 1.165) is 18.1 Å². The normalized spacial score (nSPS) is 19.1. The van der Waals surface area contributed by atoms with E-state index in [4.69, 9.17) is 16.7 Å². The molecule has 18 heavy (non-hydrogen) atoms. The first-order valence-corrected chi connectivity index (χ1v) is 6.69. The highest BCUT2D eigenvalue weighted by Gasteiger charge is 2.26. The van der Waals surface area contributed by atoms with Gasteiger partial charge in [-0.2, -0.15) is 0 Å². The quantitative estimate of drug-likeness (QED) is 0.876. The second-order valence-corrected chi connectivity index (χ2v) is 5.36. The van der Waals surface area contributed by atoms with Crippen LogP contribution in [0.1, 0.15) is 11.3 Å². The number of thiazole rings is 1. The molecule has 8 heteroatoms. The maximum atomic E-state index is 11.1. The van der Waals surface area contributed by atoms with Crippen molar-refractivity contribution in [2.45, 2.75) is 19.1 Å². The molecule has 0 aliphatic carbocycles. The number of hydrogen-bond acceptors (Lipinski definition) is 6. The van der Waals surface area contributed by atoms with Crippen LogP contribution in [0.2, 0.25) is 5.15 Å². The third-order valence-corrected chi connectivity index (χ3v) is 4.27. The fourth-order valence-electron chi connectivity index (χ4n) is 1.83. The summed E-state index contributed by atoms with van der Waals surface area (Å²) in [6.45, 7) is 1.36. The van der Waals surface area contributed by atoms with Gasteiger partial charge in [0.1, 0.15) is 5.15 Å². The lowest BCUT2D eigenvalue weighted by Gasteiger charge is -2.15. The number of halogens is 1. The lowest BCUT2D eigenvalue weighted by Crippen LogP contribution is -2.36. The molecule has 2 N–H and O–H groups in total. The lowest BCUT2D eigenvalue weighted by molar-refractivity contribution is 0.167. The van der Waals surface area contributed by atoms with Crippen molar-refractivity contribution in [3.05, 3.63) is 10.0 Å². The van der Waals surface area contributed by atoms with Gasteiger partial charge in [0.15, 0.2) is 5.13 Å². The number of ether oxygens (including phenoxy) is 1. The summed E-state index contributed by atoms with van der Waals surface area (Å²) in [7, 11) is 1.34. The molecule has 1 aliphatic heterocycles. The molecule has 0 aromatic carbocycles. The van der Waals surface area contributed by atoms with Gasteiger partial charge in [-0.3, -0.25) is 0 Å². The van der Waals surface area contributed by atoms with Crippen LogP contribution in [-0.2, 0) is 11.3 Å². The summed E-state index contributed by atoms with van der Waals surface area (Å²) in [5, 5.41) is 13.0. The van der Waals surface area contributed by atoms with Gasteiger partial charge in [0.25, 0.3) is 0 Å². The van der Waals surface area contributed by atoms with E-state index >= 15 is 0 Å². The molecule has 0 saturated carbocycles. The van der Waals surface area contributed by atoms with Crippen molar-refractivity contribution in [3.8, 4) is 0 Å². The first kappa shape index (κ1) is 13.4. The Morgan fingerprint density at radius 2 is 2.56 bits per heavy atom. The maximum Gasteiger partial charge on any atom is 0.407 e. The Morgan fingerprint density at radius 1 is 1.78 bits per heavy atom. The summed E-state index contributed by atoms with van der Waals surface area (Å²) < 4.78 is 4.56. The molecule has 1 unspecified atom stereocenters. The third kappa shape index (κ3) is 2.85. The fraction of sp³-hybridized carbons (Fsp3) is 0.600. The molecule has 0 radical (unpaired) electrons. The van der Waals surface area contributed by atoms with E-state index < -0.39 is 6.09 Å². The Balaban J connectivity index is 1.97. The van der Waals surface area contributed by atoms with Crippen LogP contribution in [0.15, 0.2) is 0 Å². The minimum Gasteiger partial charge on any atom is -0.453 e. The Labute approximate surface area is 114 Å². The number of anilines is 1. The summed E-state index contributed by atoms with van der Waals surface area (Å²) in [6.07, 6.45) is 0.413. The zero-order chi connectivity index (χ0) is 13.1. The van der Waals surface area contributed by atoms with Crippen LogP contribution >= 0.6 is 22.9 Å². The first-order chi connectivity index (χ1) is 8.63. The van der Waals surface area contributed by atoms with Crippen LogP contribution in [-0.4, -0.2) is 42.4 Å². The maximum absolute atomic E-state index is 11.1. The summed E-state index contributed by atoms with van der Waals surface area (Å²) >= 11 is 7.26. The number of carbonyl (C=O) groups excluding carboxylic acids is 1. The van der Waals surface area contributed by atoms with Crippen molar-refractivity contribution >= 4 is 34.2 Å². The zero-order valence-electron chi connectivity index (χ0n) is 9.85. The van der Waals surface area contributed by atoms with Crippen molar-refractivity contribution in [1.82, 2.24) is 10.3 Å². The summed E-state index contributed by atoms with van der Waals surface area (Å²) in [5.74, 6) is 0. The smallest absolute Gasteiger partial charge is 0.407 e. The third-order valence-electron chi connectivity index (χ3n) is 2.75. The van der Waals surface area contributed by atoms with E-state index in [9.17, 15) is 4.79 Å². The average Bonchev–Trinajstić information content (AvgIpc) is 2.95. The molecule has 1 aliphatic rings. The van der Waals surface area contributed by atoms with Crippen LogP contribution < -0.4 is 10.2 Å². The Bertz CT molecular complexity index is 440. The molecule has 0 spiro atoms. The van der Waals surface area contributed by atoms with Gasteiger partial charge in [0, 0.05) is 13.1 Å². The number of hydrogen-bond donors (Lipinski definition) is 2. The second-order valence-electron chi connectivity index (χ2n) is 3.94. The van der Waals surface area contributed by atoms with Gasteiger partial charge in [-0.25, -0.2) is 9.78 Å². The van der Waals surface area contributed by atoms with Gasteiger partial charge in [0.2, 0.25) is 0 Å². The standard InChI is InChI=1S/C10H14ClN3O3S/c1-17-10(16)12-6-2-3-14(4-6)9-13-8(11)7(5-15)18-9/h6,15H,2-5H2,1H3,(H,12,16). The van der Waals surface area contributed by atoms with Crippen LogP contribution in [0.3, 0.4) is 0 Å². The summed E-state index contributed by atoms with van der Waals surface area (Å²) in [5.41, 5.74) is 0. The Hall–Kier alpha value is -1.05. The van der Waals surface area contributed by atoms with Crippen LogP contribution in [0.4, 0.5) is 9.93 Å². The fourth-order valence-corrected chi connectivity index (χ4v) is 2.98. The molecule has 2 rings (SSSR count). The number of nitrogens with zero attached hydrogens (tertiary/aromatic N) is 2. The number of aliphatic hydroxyl groups excluding tert-OH is 1. The highest BCUT2D eigenvalue weighted by atomic mass is 35.5. The molecule has 2 heterocycles. The molecule has 1 aromatic heterocycles. The number of alkyl carbamates (subject to hydrolysis) is 1. The average molecular weight is 292 g/mol. The zero-order valence-corrected chi connectivity index (χ0v) is 11.4. The molecular formula is C10H14ClN3O3S. The largest absolute Gasteiger partial charge is 0.453 e. The van der Waals surface area contributed by atoms with Gasteiger partial charge in [-0.15, -0.1) is 0 Å². The van der Waals surface area contributed by atoms with E-state index in [0.29, 0.717) is 16.6 Å². The molecule has 0 bridgehead atoms. The number of methoxy groups -OCH3 is 1. The van der Waals surface area contributed by atoms with Crippen molar-refractivity contribution in [2.24, 2.45) is 0 Å². The molecule has 1 fully saturated rings. The van der Waals surface area contributed by atoms with Crippen LogP contribution in [0.25, 0.3) is 0 Å². The molecule has 1 aromatic rings. The molecule has 1 saturated heterocycles. The predicted octanol–water partition coefficient (Wildman–Crippen LogP) is 1.22. The number of amides is 1. The van der Waals surface area contributed by atoms with Gasteiger partial charge < -0.3 is 20.1 Å². The van der Waals surface area contributed by atoms with Crippen molar-refractivity contribution in [3.63, 3.8) is 0 Å². The monoisotopic (exact) mass is 291 g/mol. The number of carbonyl (C=O) groups is 1. The summed E-state index contributed by atoms with van der Waals surface area (Å²) in [4.78, 5) is 18.0. The van der Waals surface area contributed by atoms with E-state index in [2.05, 4.69) is 15.0 Å². The Morgan fingerprint density at radius 3 is 3.17 bits per heavy atom. The summed E-state index contributed by atoms with van der Waals surface area (Å²) in [6, 6.07) is 0.0534. The molecule has 1 amide bonds. The van der Waals surface area contributed by atoms with Crippen LogP contribution in [0.5, 0.6) is 0 Å². The number of nitrogens with one attached hydrogen (secondary N) is 1. The van der Waals surface area contributed by atoms with Gasteiger partial charge in [-0.1, -0.05) is 22.9 Å². The van der Waals surface area contributed by atoms with Crippen molar-refractivity contribution in [1.29, 1.82) is 0 Å². The molecular weight excluding hydrogens is 278 g/mol. The predicted molar refractivity (Wildman–Crippen MR) is 69.2 cm³/mol. The number of rotatable bonds is 3. The first-order valence-electron chi connectivity index (χ1n) is 5.49. The van der Waals surface area contributed by atoms with E-state index in [1.54, 1.807) is 0 Å². The van der Waals surface area contributed by atoms with E-state index in [-0.39, 0.29) is 12.6 Å². The van der Waals surface area contributed by atoms with Crippen LogP contribution in [0, 0.1) is 0 Å². The molecule has 6 nitrogen and oxygen atoms in total. The Kier molecular flexibility index (Phi) is 4.26. The van der Waals surface area contributed by atoms with Crippen molar-refractivity contribution < 1.29 is 14.6 Å². The van der Waals surface area contributed by atoms with Gasteiger partial charge >= 0.3 is 6.09 Å². The number of aromatic nitrogens is 1. The van der Waals surface area contributed by atoms with Gasteiger partial charge in [0.05, 0.1) is 24.6 Å². The van der Waals surface area contributed by atoms with E-state index in [1.807, 2.05) is 4.90 Å².